The number of ketones is 7. The molecule has 4 fully saturated rings. The van der Waals surface area contributed by atoms with Crippen molar-refractivity contribution < 1.29 is 57.5 Å². The van der Waals surface area contributed by atoms with E-state index < -0.39 is 23.7 Å². The Labute approximate surface area is 882 Å². The van der Waals surface area contributed by atoms with Crippen LogP contribution in [0.5, 0.6) is 0 Å². The van der Waals surface area contributed by atoms with Crippen molar-refractivity contribution in [3.05, 3.63) is 162 Å². The van der Waals surface area contributed by atoms with Crippen molar-refractivity contribution in [3.8, 4) is 24.3 Å². The number of fused-ring (bicyclic) bond motifs is 4. The lowest BCUT2D eigenvalue weighted by Gasteiger charge is -2.28. The normalized spacial score (nSPS) is 15.7. The van der Waals surface area contributed by atoms with Crippen molar-refractivity contribution >= 4 is 203 Å². The number of nitrogens with one attached hydrogen (secondary N) is 5. The summed E-state index contributed by atoms with van der Waals surface area (Å²) >= 11 is 30.4. The molecule has 0 aliphatic heterocycles. The first-order chi connectivity index (χ1) is 69.1. The maximum absolute atomic E-state index is 13.6. The molecule has 0 radical (unpaired) electrons. The van der Waals surface area contributed by atoms with Crippen LogP contribution < -0.4 is 26.6 Å². The third-order valence-corrected chi connectivity index (χ3v) is 32.5. The van der Waals surface area contributed by atoms with E-state index in [1.54, 1.807) is 38.2 Å². The van der Waals surface area contributed by atoms with Crippen LogP contribution in [0.15, 0.2) is 121 Å². The number of hydrogen-bond donors (Lipinski definition) is 5. The number of carbonyl (C=O) groups is 12. The summed E-state index contributed by atoms with van der Waals surface area (Å²) in [5.41, 5.74) is 3.06. The molecule has 33 heteroatoms. The molecule has 12 rings (SSSR count). The summed E-state index contributed by atoms with van der Waals surface area (Å²) in [5.74, 6) is -2.30. The summed E-state index contributed by atoms with van der Waals surface area (Å²) in [6, 6.07) is 28.4. The lowest BCUT2D eigenvalue weighted by molar-refractivity contribution is -0.130. The van der Waals surface area contributed by atoms with E-state index >= 15 is 0 Å². The van der Waals surface area contributed by atoms with Crippen LogP contribution in [0.25, 0.3) is 40.9 Å². The maximum atomic E-state index is 13.6. The quantitative estimate of drug-likeness (QED) is 0.0175. The molecule has 8 atom stereocenters. The number of thiazole rings is 4. The average molecular weight is 2110 g/mol. The topological polar surface area (TPSA) is 412 Å². The highest BCUT2D eigenvalue weighted by Gasteiger charge is 2.35. The van der Waals surface area contributed by atoms with Crippen LogP contribution in [-0.2, 0) is 83.2 Å². The lowest BCUT2D eigenvalue weighted by atomic mass is 9.83. The number of hydrogen-bond acceptors (Lipinski definition) is 24. The second-order valence-electron chi connectivity index (χ2n) is 38.8. The number of allylic oxidation sites excluding steroid dienone is 4. The molecule has 5 N–H and O–H groups in total. The summed E-state index contributed by atoms with van der Waals surface area (Å²) in [4.78, 5) is 171. The molecule has 144 heavy (non-hydrogen) atoms. The Balaban J connectivity index is 0.000000214. The van der Waals surface area contributed by atoms with E-state index in [4.69, 9.17) is 67.5 Å². The third-order valence-electron chi connectivity index (χ3n) is 27.4. The van der Waals surface area contributed by atoms with E-state index in [1.807, 2.05) is 79.7 Å². The monoisotopic (exact) mass is 2110 g/mol. The van der Waals surface area contributed by atoms with Gasteiger partial charge < -0.3 is 31.4 Å². The molecule has 0 unspecified atom stereocenters. The van der Waals surface area contributed by atoms with Gasteiger partial charge in [0.25, 0.3) is 0 Å². The molecule has 0 saturated heterocycles. The number of rotatable bonds is 51. The Kier molecular flexibility index (Phi) is 49.8. The molecule has 8 aromatic rings. The Morgan fingerprint density at radius 1 is 0.361 bits per heavy atom. The van der Waals surface area contributed by atoms with Gasteiger partial charge in [-0.15, -0.1) is 45.3 Å². The Hall–Kier alpha value is -10.4. The van der Waals surface area contributed by atoms with Crippen LogP contribution in [0.4, 0.5) is 0 Å². The van der Waals surface area contributed by atoms with Gasteiger partial charge in [-0.3, -0.25) is 52.7 Å². The first kappa shape index (κ1) is 117. The Bertz CT molecular complexity index is 5850. The minimum Gasteiger partial charge on any atom is -0.359 e. The number of carbonyl (C=O) groups excluding carboxylic acids is 12. The van der Waals surface area contributed by atoms with Crippen LogP contribution in [0, 0.1) is 92.7 Å². The van der Waals surface area contributed by atoms with Gasteiger partial charge in [0.2, 0.25) is 29.5 Å². The predicted molar refractivity (Wildman–Crippen MR) is 574 cm³/mol. The highest BCUT2D eigenvalue weighted by molar-refractivity contribution is 7.19. The smallest absolute Gasteiger partial charge is 0.224 e. The van der Waals surface area contributed by atoms with Crippen molar-refractivity contribution in [2.24, 2.45) is 47.3 Å². The summed E-state index contributed by atoms with van der Waals surface area (Å²) < 4.78 is 3.78. The minimum absolute atomic E-state index is 0.0311. The first-order valence-corrected chi connectivity index (χ1v) is 55.5. The van der Waals surface area contributed by atoms with Gasteiger partial charge in [-0.1, -0.05) is 215 Å². The zero-order valence-electron chi connectivity index (χ0n) is 83.2. The highest BCUT2D eigenvalue weighted by atomic mass is 35.5. The standard InChI is InChI=1S/C29H36ClN3O3S.C28H34ClN3O3S.C27H33ClN4O3S.C27H32ClN3O3S/c1-3-7-24(34)15-21(16-28-33-25-12-10-22(30)17-27(25)37-28)29(36)32-23(11-13-26(35)19(2)18-31)14-20-8-5-4-6-9-20;1-3-23(33)14-20(15-27-32-24-11-9-21(29)16-26(24)36-27)28(35)31-22(10-12-25(34)18(2)17-30)13-19-7-5-4-6-8-19;1-17(16-29)23(33)11-9-21(12-18-6-4-3-5-7-18)31-27(35)19(13-25(34)30-2)14-26-32-22-10-8-20(28)15-24(22)36-26;1-17(16-29)24(33)11-9-22(13-19-6-4-3-5-7-19)30-27(34)20(12-18(2)32)14-26-31-23-10-8-21(28)15-25(23)35-26/h10,12,17,20-21,23H,2-9,11,13-16H2,1H3,(H,32,36);9,11,16,19-20,22H,2-8,10,12-15H2,1H3,(H,31,35);8,10,15,18-19,21H,1,3-7,9,11-14H2,2H3,(H,30,34)(H,31,35);8,10,15,19-20,22H,1,3-7,9,11-14H2,2H3,(H,30,34)/t21-,23+;20-,22+;19-,21+;20-,22+/m0000/s1. The van der Waals surface area contributed by atoms with E-state index in [9.17, 15) is 57.5 Å². The van der Waals surface area contributed by atoms with E-state index in [2.05, 4.69) is 72.8 Å². The molecule has 4 aromatic heterocycles. The van der Waals surface area contributed by atoms with Crippen molar-refractivity contribution in [2.75, 3.05) is 7.05 Å². The molecule has 0 bridgehead atoms. The summed E-state index contributed by atoms with van der Waals surface area (Å²) in [7, 11) is 1.55. The van der Waals surface area contributed by atoms with Crippen molar-refractivity contribution in [3.63, 3.8) is 0 Å². The summed E-state index contributed by atoms with van der Waals surface area (Å²) in [6.45, 7) is 19.3. The molecule has 5 amide bonds. The second-order valence-corrected chi connectivity index (χ2v) is 45.1. The molecular weight excluding hydrogens is 1980 g/mol. The number of halogens is 4. The van der Waals surface area contributed by atoms with Gasteiger partial charge in [0.05, 0.1) is 107 Å². The zero-order chi connectivity index (χ0) is 104. The number of amides is 5. The van der Waals surface area contributed by atoms with Gasteiger partial charge in [-0.25, -0.2) is 19.9 Å². The average Bonchev–Trinajstić information content (AvgIpc) is 1.68. The minimum atomic E-state index is -0.598. The second kappa shape index (κ2) is 61.2. The van der Waals surface area contributed by atoms with Crippen molar-refractivity contribution in [1.29, 1.82) is 21.0 Å². The SMILES string of the molecule is C=C(C#N)C(=O)CC[C@H](CC1CCCCC1)NC(=O)[C@@H](CC(=O)CC)Cc1nc2ccc(Cl)cc2s1.C=C(C#N)C(=O)CC[C@H](CC1CCCCC1)NC(=O)[C@@H](CC(=O)CCC)Cc1nc2ccc(Cl)cc2s1.C=C(C#N)C(=O)CC[C@H](CC1CCCCC1)NC(=O)[C@@H](CC(=O)NC)Cc1nc2ccc(Cl)cc2s1.C=C(C#N)C(=O)CC[C@H](CC1CCCCC1)NC(=O)[C@@H](CC(C)=O)Cc1nc2ccc(Cl)cc2s1. The maximum Gasteiger partial charge on any atom is 0.224 e. The summed E-state index contributed by atoms with van der Waals surface area (Å²) in [6.07, 6.45) is 32.5. The van der Waals surface area contributed by atoms with Crippen LogP contribution in [0.1, 0.15) is 291 Å². The molecule has 4 aromatic carbocycles. The van der Waals surface area contributed by atoms with Crippen LogP contribution in [0.2, 0.25) is 20.1 Å². The van der Waals surface area contributed by atoms with Gasteiger partial charge in [-0.2, -0.15) is 21.0 Å². The van der Waals surface area contributed by atoms with E-state index in [-0.39, 0.29) is 168 Å². The van der Waals surface area contributed by atoms with E-state index in [1.165, 1.54) is 129 Å². The van der Waals surface area contributed by atoms with Gasteiger partial charge in [0.15, 0.2) is 23.1 Å². The first-order valence-electron chi connectivity index (χ1n) is 50.7. The zero-order valence-corrected chi connectivity index (χ0v) is 89.5. The number of benzene rings is 4. The molecule has 0 spiro atoms. The molecule has 4 heterocycles. The number of aromatic nitrogens is 4. The molecule has 4 aliphatic rings. The molecule has 25 nitrogen and oxygen atoms in total. The van der Waals surface area contributed by atoms with Gasteiger partial charge in [0, 0.05) is 141 Å². The van der Waals surface area contributed by atoms with Gasteiger partial charge >= 0.3 is 0 Å². The predicted octanol–water partition coefficient (Wildman–Crippen LogP) is 24.2. The van der Waals surface area contributed by atoms with Crippen molar-refractivity contribution in [2.45, 2.75) is 321 Å². The largest absolute Gasteiger partial charge is 0.359 e. The number of nitrogens with zero attached hydrogens (tertiary/aromatic N) is 8. The third kappa shape index (κ3) is 40.1. The van der Waals surface area contributed by atoms with E-state index in [0.29, 0.717) is 108 Å². The Morgan fingerprint density at radius 3 is 0.833 bits per heavy atom. The van der Waals surface area contributed by atoms with Gasteiger partial charge in [-0.05, 0) is 161 Å². The van der Waals surface area contributed by atoms with Crippen LogP contribution in [-0.4, -0.2) is 121 Å². The Morgan fingerprint density at radius 2 is 0.604 bits per heavy atom. The van der Waals surface area contributed by atoms with E-state index in [0.717, 1.165) is 144 Å². The number of nitriles is 4. The molecule has 4 saturated carbocycles. The van der Waals surface area contributed by atoms with Crippen LogP contribution in [0.3, 0.4) is 0 Å². The highest BCUT2D eigenvalue weighted by Crippen LogP contribution is 2.38. The lowest BCUT2D eigenvalue weighted by Crippen LogP contribution is -2.42. The van der Waals surface area contributed by atoms with Gasteiger partial charge in [0.1, 0.15) is 41.6 Å². The fourth-order valence-electron chi connectivity index (χ4n) is 19.4. The molecule has 768 valence electrons. The number of Topliss-reactive ketones (excluding diaryl/α,β-unsaturated/α-hetero) is 7. The fraction of sp³-hybridized carbons (Fsp3) is 0.532. The van der Waals surface area contributed by atoms with Crippen molar-refractivity contribution in [1.82, 2.24) is 46.5 Å². The summed E-state index contributed by atoms with van der Waals surface area (Å²) in [5, 5.41) is 56.8. The fourth-order valence-corrected chi connectivity index (χ4v) is 24.7. The molecule has 4 aliphatic carbocycles. The van der Waals surface area contributed by atoms with Crippen LogP contribution >= 0.6 is 91.8 Å². The molecular formula is C111H135Cl4N13O12S4.